The number of carbonyl (C=O) groups excluding carboxylic acids is 2. The molecule has 5 nitrogen and oxygen atoms in total. The lowest BCUT2D eigenvalue weighted by molar-refractivity contribution is -0.119. The van der Waals surface area contributed by atoms with Crippen LogP contribution in [0.5, 0.6) is 0 Å². The van der Waals surface area contributed by atoms with Gasteiger partial charge in [-0.3, -0.25) is 4.79 Å². The molecule has 29 heavy (non-hydrogen) atoms. The Hall–Kier alpha value is -2.31. The Morgan fingerprint density at radius 2 is 1.97 bits per heavy atom. The number of fused-ring (bicyclic) bond motifs is 1. The maximum atomic E-state index is 12.5. The largest absolute Gasteiger partial charge is 0.452 e. The Bertz CT molecular complexity index is 892. The second kappa shape index (κ2) is 9.46. The van der Waals surface area contributed by atoms with Crippen LogP contribution in [-0.2, 0) is 27.1 Å². The van der Waals surface area contributed by atoms with E-state index in [1.165, 1.54) is 11.1 Å². The molecule has 0 aromatic heterocycles. The summed E-state index contributed by atoms with van der Waals surface area (Å²) in [5, 5.41) is 2.82. The fourth-order valence-corrected chi connectivity index (χ4v) is 4.89. The molecule has 1 aliphatic heterocycles. The van der Waals surface area contributed by atoms with Crippen molar-refractivity contribution in [2.45, 2.75) is 43.1 Å². The van der Waals surface area contributed by atoms with Gasteiger partial charge in [0.2, 0.25) is 0 Å². The van der Waals surface area contributed by atoms with Crippen LogP contribution in [0.2, 0.25) is 0 Å². The van der Waals surface area contributed by atoms with E-state index in [9.17, 15) is 9.59 Å². The number of aryl methyl sites for hydroxylation is 2. The van der Waals surface area contributed by atoms with Crippen LogP contribution >= 0.6 is 11.8 Å². The molecule has 1 saturated heterocycles. The molecular weight excluding hydrogens is 386 g/mol. The van der Waals surface area contributed by atoms with Gasteiger partial charge in [0.05, 0.1) is 11.7 Å². The first-order valence-corrected chi connectivity index (χ1v) is 11.1. The zero-order chi connectivity index (χ0) is 20.1. The molecular formula is C23H25NO4S. The van der Waals surface area contributed by atoms with E-state index in [1.54, 1.807) is 23.9 Å². The first-order chi connectivity index (χ1) is 14.2. The van der Waals surface area contributed by atoms with Crippen LogP contribution in [0.15, 0.2) is 47.4 Å². The fraction of sp³-hybridized carbons (Fsp3) is 0.391. The van der Waals surface area contributed by atoms with Gasteiger partial charge in [-0.05, 0) is 67.5 Å². The maximum Gasteiger partial charge on any atom is 0.339 e. The van der Waals surface area contributed by atoms with Crippen molar-refractivity contribution in [1.82, 2.24) is 0 Å². The van der Waals surface area contributed by atoms with Gasteiger partial charge >= 0.3 is 5.97 Å². The lowest BCUT2D eigenvalue weighted by Crippen LogP contribution is -2.21. The van der Waals surface area contributed by atoms with Gasteiger partial charge in [-0.15, -0.1) is 11.8 Å². The van der Waals surface area contributed by atoms with E-state index < -0.39 is 5.97 Å². The van der Waals surface area contributed by atoms with Gasteiger partial charge in [-0.1, -0.05) is 18.2 Å². The quantitative estimate of drug-likeness (QED) is 0.545. The molecule has 2 aromatic rings. The number of hydrogen-bond donors (Lipinski definition) is 1. The third kappa shape index (κ3) is 5.19. The van der Waals surface area contributed by atoms with E-state index in [2.05, 4.69) is 11.4 Å². The summed E-state index contributed by atoms with van der Waals surface area (Å²) in [6.07, 6.45) is 5.70. The molecule has 152 valence electrons. The van der Waals surface area contributed by atoms with Gasteiger partial charge in [0.15, 0.2) is 6.61 Å². The molecule has 6 heteroatoms. The van der Waals surface area contributed by atoms with E-state index >= 15 is 0 Å². The third-order valence-corrected chi connectivity index (χ3v) is 6.48. The molecule has 0 bridgehead atoms. The van der Waals surface area contributed by atoms with Crippen LogP contribution in [0.25, 0.3) is 0 Å². The van der Waals surface area contributed by atoms with Gasteiger partial charge in [-0.2, -0.15) is 0 Å². The Morgan fingerprint density at radius 3 is 2.83 bits per heavy atom. The van der Waals surface area contributed by atoms with E-state index in [4.69, 9.17) is 9.47 Å². The van der Waals surface area contributed by atoms with Gasteiger partial charge in [0.1, 0.15) is 0 Å². The van der Waals surface area contributed by atoms with Crippen LogP contribution in [0.1, 0.15) is 40.7 Å². The lowest BCUT2D eigenvalue weighted by Gasteiger charge is -2.12. The van der Waals surface area contributed by atoms with Crippen molar-refractivity contribution in [3.8, 4) is 0 Å². The molecule has 0 saturated carbocycles. The predicted octanol–water partition coefficient (Wildman–Crippen LogP) is 4.24. The number of rotatable bonds is 7. The SMILES string of the molecule is O=C(COC(=O)c1ccccc1SC[C@H]1CCCO1)Nc1ccc2c(c1)CCC2. The Labute approximate surface area is 175 Å². The van der Waals surface area contributed by atoms with Crippen LogP contribution in [0.3, 0.4) is 0 Å². The van der Waals surface area contributed by atoms with Crippen molar-refractivity contribution in [3.63, 3.8) is 0 Å². The van der Waals surface area contributed by atoms with Crippen molar-refractivity contribution in [2.24, 2.45) is 0 Å². The normalized spacial score (nSPS) is 17.7. The molecule has 2 aliphatic rings. The Morgan fingerprint density at radius 1 is 1.10 bits per heavy atom. The highest BCUT2D eigenvalue weighted by Gasteiger charge is 2.19. The summed E-state index contributed by atoms with van der Waals surface area (Å²) < 4.78 is 10.9. The number of carbonyl (C=O) groups is 2. The van der Waals surface area contributed by atoms with E-state index in [-0.39, 0.29) is 18.6 Å². The summed E-state index contributed by atoms with van der Waals surface area (Å²) in [5.74, 6) is -0.00587. The molecule has 1 atom stereocenters. The van der Waals surface area contributed by atoms with Crippen molar-refractivity contribution < 1.29 is 19.1 Å². The van der Waals surface area contributed by atoms with Gasteiger partial charge < -0.3 is 14.8 Å². The molecule has 1 N–H and O–H groups in total. The van der Waals surface area contributed by atoms with Crippen LogP contribution in [0.4, 0.5) is 5.69 Å². The van der Waals surface area contributed by atoms with Gasteiger partial charge in [-0.25, -0.2) is 4.79 Å². The number of nitrogens with one attached hydrogen (secondary N) is 1. The van der Waals surface area contributed by atoms with E-state index in [0.29, 0.717) is 5.56 Å². The molecule has 1 fully saturated rings. The molecule has 1 aliphatic carbocycles. The number of hydrogen-bond acceptors (Lipinski definition) is 5. The molecule has 4 rings (SSSR count). The minimum atomic E-state index is -0.482. The summed E-state index contributed by atoms with van der Waals surface area (Å²) in [5.41, 5.74) is 3.88. The van der Waals surface area contributed by atoms with Crippen LogP contribution in [-0.4, -0.2) is 36.9 Å². The number of esters is 1. The summed E-state index contributed by atoms with van der Waals surface area (Å²) in [6.45, 7) is 0.509. The summed E-state index contributed by atoms with van der Waals surface area (Å²) in [7, 11) is 0. The van der Waals surface area contributed by atoms with Crippen LogP contribution < -0.4 is 5.32 Å². The lowest BCUT2D eigenvalue weighted by atomic mass is 10.1. The highest BCUT2D eigenvalue weighted by Crippen LogP contribution is 2.27. The highest BCUT2D eigenvalue weighted by atomic mass is 32.2. The highest BCUT2D eigenvalue weighted by molar-refractivity contribution is 7.99. The number of benzene rings is 2. The molecule has 1 amide bonds. The Balaban J connectivity index is 1.30. The minimum absolute atomic E-state index is 0.238. The van der Waals surface area contributed by atoms with E-state index in [1.807, 2.05) is 24.3 Å². The smallest absolute Gasteiger partial charge is 0.339 e. The summed E-state index contributed by atoms with van der Waals surface area (Å²) >= 11 is 1.59. The second-order valence-electron chi connectivity index (χ2n) is 7.40. The zero-order valence-electron chi connectivity index (χ0n) is 16.3. The number of amides is 1. The monoisotopic (exact) mass is 411 g/mol. The molecule has 1 heterocycles. The first-order valence-electron chi connectivity index (χ1n) is 10.1. The average molecular weight is 412 g/mol. The summed E-state index contributed by atoms with van der Waals surface area (Å²) in [6, 6.07) is 13.3. The number of ether oxygens (including phenoxy) is 2. The zero-order valence-corrected chi connectivity index (χ0v) is 17.1. The van der Waals surface area contributed by atoms with Crippen molar-refractivity contribution >= 4 is 29.3 Å². The number of thioether (sulfide) groups is 1. The van der Waals surface area contributed by atoms with Crippen molar-refractivity contribution in [1.29, 1.82) is 0 Å². The van der Waals surface area contributed by atoms with Crippen molar-refractivity contribution in [2.75, 3.05) is 24.3 Å². The maximum absolute atomic E-state index is 12.5. The third-order valence-electron chi connectivity index (χ3n) is 5.27. The molecule has 0 radical (unpaired) electrons. The fourth-order valence-electron chi connectivity index (χ4n) is 3.78. The number of anilines is 1. The van der Waals surface area contributed by atoms with Gasteiger partial charge in [0.25, 0.3) is 5.91 Å². The molecule has 0 unspecified atom stereocenters. The predicted molar refractivity (Wildman–Crippen MR) is 114 cm³/mol. The summed E-state index contributed by atoms with van der Waals surface area (Å²) in [4.78, 5) is 25.6. The Kier molecular flexibility index (Phi) is 6.52. The average Bonchev–Trinajstić information content (AvgIpc) is 3.42. The molecule has 0 spiro atoms. The first kappa shape index (κ1) is 20.0. The minimum Gasteiger partial charge on any atom is -0.452 e. The standard InChI is InChI=1S/C23H25NO4S/c25-22(24-18-11-10-16-5-3-6-17(16)13-18)14-28-23(26)20-8-1-2-9-21(20)29-15-19-7-4-12-27-19/h1-2,8-11,13,19H,3-7,12,14-15H2,(H,24,25)/t19-/m1/s1. The van der Waals surface area contributed by atoms with Crippen LogP contribution in [0, 0.1) is 0 Å². The second-order valence-corrected chi connectivity index (χ2v) is 8.47. The topological polar surface area (TPSA) is 64.6 Å². The van der Waals surface area contributed by atoms with Gasteiger partial charge in [0, 0.05) is 22.9 Å². The van der Waals surface area contributed by atoms with E-state index in [0.717, 1.165) is 55.0 Å². The van der Waals surface area contributed by atoms with Crippen molar-refractivity contribution in [3.05, 3.63) is 59.2 Å². The molecule has 2 aromatic carbocycles.